The fourth-order valence-electron chi connectivity index (χ4n) is 3.53. The van der Waals surface area contributed by atoms with Gasteiger partial charge < -0.3 is 15.0 Å². The van der Waals surface area contributed by atoms with Crippen LogP contribution in [-0.2, 0) is 0 Å². The van der Waals surface area contributed by atoms with Crippen LogP contribution >= 0.6 is 0 Å². The molecule has 0 radical (unpaired) electrons. The van der Waals surface area contributed by atoms with E-state index in [4.69, 9.17) is 4.74 Å². The molecule has 0 spiro atoms. The average Bonchev–Trinajstić information content (AvgIpc) is 3.20. The Hall–Kier alpha value is -3.87. The molecule has 0 aliphatic rings. The molecule has 2 aromatic carbocycles. The summed E-state index contributed by atoms with van der Waals surface area (Å²) in [6, 6.07) is 14.7. The highest BCUT2D eigenvalue weighted by Crippen LogP contribution is 2.25. The predicted octanol–water partition coefficient (Wildman–Crippen LogP) is 3.81. The zero-order valence-electron chi connectivity index (χ0n) is 17.9. The summed E-state index contributed by atoms with van der Waals surface area (Å²) in [4.78, 5) is 28.3. The van der Waals surface area contributed by atoms with Crippen molar-refractivity contribution in [1.29, 1.82) is 0 Å². The highest BCUT2D eigenvalue weighted by atomic mass is 16.5. The Kier molecular flexibility index (Phi) is 5.33. The number of carbonyl (C=O) groups excluding carboxylic acids is 1. The number of para-hydroxylation sites is 1. The summed E-state index contributed by atoms with van der Waals surface area (Å²) in [5.41, 5.74) is 4.32. The minimum absolute atomic E-state index is 0.274. The van der Waals surface area contributed by atoms with E-state index in [1.165, 1.54) is 4.52 Å². The number of aryl methyl sites for hydroxylation is 2. The number of amides is 1. The molecule has 0 fully saturated rings. The Morgan fingerprint density at radius 1 is 1.13 bits per heavy atom. The third kappa shape index (κ3) is 3.94. The number of methoxy groups -OCH3 is 1. The van der Waals surface area contributed by atoms with Crippen molar-refractivity contribution < 1.29 is 9.53 Å². The molecule has 0 aliphatic carbocycles. The fraction of sp³-hybridized carbons (Fsp3) is 0.208. The van der Waals surface area contributed by atoms with Gasteiger partial charge >= 0.3 is 0 Å². The Balaban J connectivity index is 1.64. The normalized spacial score (nSPS) is 12.0. The van der Waals surface area contributed by atoms with Crippen LogP contribution in [-0.4, -0.2) is 27.6 Å². The second-order valence-electron chi connectivity index (χ2n) is 7.60. The standard InChI is InChI=1S/C24H24N4O3/c1-14-9-10-17(11-15(14)2)22-26-24(30)20-12-18(13-28(20)27-22)23(29)25-16(3)19-7-5-6-8-21(19)31-4/h5-13,16H,1-4H3,(H,25,29)(H,26,27,30). The molecule has 2 aromatic heterocycles. The number of hydrogen-bond donors (Lipinski definition) is 2. The molecule has 0 bridgehead atoms. The van der Waals surface area contributed by atoms with Gasteiger partial charge in [-0.2, -0.15) is 0 Å². The molecule has 7 nitrogen and oxygen atoms in total. The van der Waals surface area contributed by atoms with Crippen molar-refractivity contribution in [3.8, 4) is 17.1 Å². The third-order valence-electron chi connectivity index (χ3n) is 5.47. The van der Waals surface area contributed by atoms with E-state index in [-0.39, 0.29) is 17.5 Å². The molecule has 31 heavy (non-hydrogen) atoms. The van der Waals surface area contributed by atoms with Crippen LogP contribution in [0.15, 0.2) is 59.5 Å². The van der Waals surface area contributed by atoms with Crippen LogP contribution in [0.3, 0.4) is 0 Å². The van der Waals surface area contributed by atoms with Crippen LogP contribution in [0.25, 0.3) is 16.9 Å². The first-order valence-corrected chi connectivity index (χ1v) is 10.0. The van der Waals surface area contributed by atoms with Gasteiger partial charge in [0.2, 0.25) is 0 Å². The maximum Gasteiger partial charge on any atom is 0.275 e. The molecule has 2 N–H and O–H groups in total. The predicted molar refractivity (Wildman–Crippen MR) is 120 cm³/mol. The number of fused-ring (bicyclic) bond motifs is 1. The molecule has 7 heteroatoms. The van der Waals surface area contributed by atoms with Crippen LogP contribution in [0.1, 0.15) is 40.0 Å². The summed E-state index contributed by atoms with van der Waals surface area (Å²) in [5.74, 6) is 0.857. The number of H-pyrrole nitrogens is 1. The van der Waals surface area contributed by atoms with E-state index in [0.29, 0.717) is 22.7 Å². The number of ether oxygens (including phenoxy) is 1. The number of aromatic nitrogens is 3. The van der Waals surface area contributed by atoms with Crippen molar-refractivity contribution in [3.05, 3.63) is 87.3 Å². The van der Waals surface area contributed by atoms with Gasteiger partial charge in [0.1, 0.15) is 11.3 Å². The number of carbonyl (C=O) groups is 1. The van der Waals surface area contributed by atoms with Gasteiger partial charge in [-0.25, -0.2) is 4.52 Å². The lowest BCUT2D eigenvalue weighted by molar-refractivity contribution is 0.0939. The smallest absolute Gasteiger partial charge is 0.275 e. The Morgan fingerprint density at radius 2 is 1.90 bits per heavy atom. The van der Waals surface area contributed by atoms with Crippen LogP contribution < -0.4 is 15.6 Å². The van der Waals surface area contributed by atoms with Crippen molar-refractivity contribution >= 4 is 11.4 Å². The van der Waals surface area contributed by atoms with Gasteiger partial charge in [-0.05, 0) is 50.1 Å². The minimum Gasteiger partial charge on any atom is -0.496 e. The first kappa shape index (κ1) is 20.4. The molecule has 1 amide bonds. The van der Waals surface area contributed by atoms with Crippen LogP contribution in [0, 0.1) is 13.8 Å². The highest BCUT2D eigenvalue weighted by Gasteiger charge is 2.17. The monoisotopic (exact) mass is 416 g/mol. The molecule has 0 saturated carbocycles. The average molecular weight is 416 g/mol. The lowest BCUT2D eigenvalue weighted by Crippen LogP contribution is -2.26. The largest absolute Gasteiger partial charge is 0.496 e. The minimum atomic E-state index is -0.306. The second kappa shape index (κ2) is 8.10. The Labute approximate surface area is 179 Å². The van der Waals surface area contributed by atoms with E-state index in [2.05, 4.69) is 15.4 Å². The number of benzene rings is 2. The first-order valence-electron chi connectivity index (χ1n) is 10.0. The van der Waals surface area contributed by atoms with Gasteiger partial charge in [-0.3, -0.25) is 9.59 Å². The summed E-state index contributed by atoms with van der Waals surface area (Å²) in [5, 5.41) is 7.46. The number of nitrogens with zero attached hydrogens (tertiary/aromatic N) is 2. The molecule has 4 aromatic rings. The van der Waals surface area contributed by atoms with Crippen LogP contribution in [0.2, 0.25) is 0 Å². The molecule has 4 rings (SSSR count). The van der Waals surface area contributed by atoms with Gasteiger partial charge in [0.05, 0.1) is 18.7 Å². The maximum absolute atomic E-state index is 12.8. The van der Waals surface area contributed by atoms with E-state index in [1.54, 1.807) is 19.4 Å². The quantitative estimate of drug-likeness (QED) is 0.518. The lowest BCUT2D eigenvalue weighted by atomic mass is 10.1. The fourth-order valence-corrected chi connectivity index (χ4v) is 3.53. The van der Waals surface area contributed by atoms with Crippen molar-refractivity contribution in [3.63, 3.8) is 0 Å². The van der Waals surface area contributed by atoms with Crippen molar-refractivity contribution in [2.75, 3.05) is 7.11 Å². The number of hydrogen-bond acceptors (Lipinski definition) is 4. The number of rotatable bonds is 5. The molecule has 0 saturated heterocycles. The van der Waals surface area contributed by atoms with Gasteiger partial charge in [0.25, 0.3) is 11.5 Å². The first-order chi connectivity index (χ1) is 14.9. The van der Waals surface area contributed by atoms with E-state index < -0.39 is 0 Å². The lowest BCUT2D eigenvalue weighted by Gasteiger charge is -2.16. The summed E-state index contributed by atoms with van der Waals surface area (Å²) >= 11 is 0. The third-order valence-corrected chi connectivity index (χ3v) is 5.47. The summed E-state index contributed by atoms with van der Waals surface area (Å²) in [6.45, 7) is 5.92. The van der Waals surface area contributed by atoms with E-state index in [9.17, 15) is 9.59 Å². The molecular weight excluding hydrogens is 392 g/mol. The zero-order chi connectivity index (χ0) is 22.1. The van der Waals surface area contributed by atoms with Crippen molar-refractivity contribution in [1.82, 2.24) is 19.9 Å². The molecule has 1 atom stereocenters. The molecular formula is C24H24N4O3. The van der Waals surface area contributed by atoms with E-state index in [0.717, 1.165) is 22.3 Å². The molecule has 2 heterocycles. The van der Waals surface area contributed by atoms with Gasteiger partial charge in [0, 0.05) is 17.3 Å². The summed E-state index contributed by atoms with van der Waals surface area (Å²) in [7, 11) is 1.60. The Bertz CT molecular complexity index is 1340. The van der Waals surface area contributed by atoms with Crippen molar-refractivity contribution in [2.24, 2.45) is 0 Å². The number of aromatic amines is 1. The van der Waals surface area contributed by atoms with Crippen LogP contribution in [0.5, 0.6) is 5.75 Å². The van der Waals surface area contributed by atoms with Gasteiger partial charge in [0.15, 0.2) is 5.82 Å². The SMILES string of the molecule is COc1ccccc1C(C)NC(=O)c1cc2c(=O)[nH]c(-c3ccc(C)c(C)c3)nn2c1. The van der Waals surface area contributed by atoms with Crippen molar-refractivity contribution in [2.45, 2.75) is 26.8 Å². The highest BCUT2D eigenvalue weighted by molar-refractivity contribution is 5.95. The topological polar surface area (TPSA) is 88.5 Å². The zero-order valence-corrected chi connectivity index (χ0v) is 17.9. The maximum atomic E-state index is 12.8. The second-order valence-corrected chi connectivity index (χ2v) is 7.60. The van der Waals surface area contributed by atoms with E-state index >= 15 is 0 Å². The van der Waals surface area contributed by atoms with Crippen LogP contribution in [0.4, 0.5) is 0 Å². The number of nitrogens with one attached hydrogen (secondary N) is 2. The van der Waals surface area contributed by atoms with E-state index in [1.807, 2.05) is 63.2 Å². The molecule has 0 aliphatic heterocycles. The molecule has 158 valence electrons. The van der Waals surface area contributed by atoms with Gasteiger partial charge in [-0.1, -0.05) is 30.3 Å². The molecule has 1 unspecified atom stereocenters. The van der Waals surface area contributed by atoms with Gasteiger partial charge in [-0.15, -0.1) is 5.10 Å². The summed E-state index contributed by atoms with van der Waals surface area (Å²) < 4.78 is 6.83. The Morgan fingerprint density at radius 3 is 2.65 bits per heavy atom. The summed E-state index contributed by atoms with van der Waals surface area (Å²) in [6.07, 6.45) is 1.57.